The number of anilines is 1. The fourth-order valence-corrected chi connectivity index (χ4v) is 3.26. The standard InChI is InChI=1S/C15H18BrN3.ClH/c1-10-4-3-5-12-14(10)18-11(2)13(16)15(12)19-8-6-17-7-9-19;/h3-5,17H,6-9H2,1-2H3;1H. The molecule has 20 heavy (non-hydrogen) atoms. The monoisotopic (exact) mass is 355 g/mol. The first-order valence-corrected chi connectivity index (χ1v) is 7.49. The molecule has 1 saturated heterocycles. The molecular weight excluding hydrogens is 338 g/mol. The van der Waals surface area contributed by atoms with Crippen LogP contribution in [0.5, 0.6) is 0 Å². The van der Waals surface area contributed by atoms with Crippen molar-refractivity contribution in [2.24, 2.45) is 0 Å². The molecule has 5 heteroatoms. The number of aryl methyl sites for hydroxylation is 2. The summed E-state index contributed by atoms with van der Waals surface area (Å²) in [6.45, 7) is 8.38. The molecule has 0 saturated carbocycles. The van der Waals surface area contributed by atoms with Gasteiger partial charge in [-0.1, -0.05) is 18.2 Å². The highest BCUT2D eigenvalue weighted by molar-refractivity contribution is 9.10. The lowest BCUT2D eigenvalue weighted by molar-refractivity contribution is 0.589. The molecule has 3 rings (SSSR count). The van der Waals surface area contributed by atoms with E-state index in [4.69, 9.17) is 4.98 Å². The molecule has 0 radical (unpaired) electrons. The zero-order chi connectivity index (χ0) is 13.4. The summed E-state index contributed by atoms with van der Waals surface area (Å²) in [5.74, 6) is 0. The minimum Gasteiger partial charge on any atom is -0.367 e. The minimum absolute atomic E-state index is 0. The van der Waals surface area contributed by atoms with Crippen molar-refractivity contribution in [3.63, 3.8) is 0 Å². The van der Waals surface area contributed by atoms with E-state index >= 15 is 0 Å². The number of hydrogen-bond acceptors (Lipinski definition) is 3. The number of nitrogens with zero attached hydrogens (tertiary/aromatic N) is 2. The molecule has 0 bridgehead atoms. The van der Waals surface area contributed by atoms with E-state index in [0.29, 0.717) is 0 Å². The lowest BCUT2D eigenvalue weighted by Gasteiger charge is -2.31. The molecule has 0 spiro atoms. The Balaban J connectivity index is 0.00000147. The third-order valence-corrected chi connectivity index (χ3v) is 4.68. The number of nitrogens with one attached hydrogen (secondary N) is 1. The molecular formula is C15H19BrClN3. The molecule has 0 aliphatic carbocycles. The van der Waals surface area contributed by atoms with Crippen LogP contribution in [0.25, 0.3) is 10.9 Å². The molecule has 1 aromatic heterocycles. The fourth-order valence-electron chi connectivity index (χ4n) is 2.70. The van der Waals surface area contributed by atoms with Crippen molar-refractivity contribution in [1.29, 1.82) is 0 Å². The Labute approximate surface area is 134 Å². The normalized spacial score (nSPS) is 15.2. The van der Waals surface area contributed by atoms with Crippen molar-refractivity contribution in [2.45, 2.75) is 13.8 Å². The Morgan fingerprint density at radius 1 is 1.20 bits per heavy atom. The zero-order valence-corrected chi connectivity index (χ0v) is 14.1. The summed E-state index contributed by atoms with van der Waals surface area (Å²) in [5.41, 5.74) is 4.73. The smallest absolute Gasteiger partial charge is 0.0756 e. The van der Waals surface area contributed by atoms with Gasteiger partial charge in [0, 0.05) is 31.6 Å². The van der Waals surface area contributed by atoms with Gasteiger partial charge < -0.3 is 10.2 Å². The van der Waals surface area contributed by atoms with E-state index in [1.165, 1.54) is 16.6 Å². The Kier molecular flexibility index (Phi) is 4.89. The van der Waals surface area contributed by atoms with E-state index in [1.807, 2.05) is 0 Å². The second-order valence-electron chi connectivity index (χ2n) is 5.07. The van der Waals surface area contributed by atoms with Gasteiger partial charge in [0.1, 0.15) is 0 Å². The van der Waals surface area contributed by atoms with E-state index in [2.05, 4.69) is 58.2 Å². The summed E-state index contributed by atoms with van der Waals surface area (Å²) >= 11 is 3.74. The van der Waals surface area contributed by atoms with Crippen LogP contribution in [0.4, 0.5) is 5.69 Å². The molecule has 2 aromatic rings. The van der Waals surface area contributed by atoms with Crippen LogP contribution in [0.1, 0.15) is 11.3 Å². The van der Waals surface area contributed by atoms with Crippen LogP contribution in [0.3, 0.4) is 0 Å². The maximum absolute atomic E-state index is 4.74. The number of piperazine rings is 1. The maximum Gasteiger partial charge on any atom is 0.0756 e. The van der Waals surface area contributed by atoms with Crippen LogP contribution >= 0.6 is 28.3 Å². The predicted octanol–water partition coefficient (Wildman–Crippen LogP) is 3.45. The average Bonchev–Trinajstić information content (AvgIpc) is 2.42. The summed E-state index contributed by atoms with van der Waals surface area (Å²) in [5, 5.41) is 4.65. The van der Waals surface area contributed by atoms with E-state index in [1.54, 1.807) is 0 Å². The highest BCUT2D eigenvalue weighted by Gasteiger charge is 2.19. The highest BCUT2D eigenvalue weighted by atomic mass is 79.9. The van der Waals surface area contributed by atoms with Gasteiger partial charge in [-0.05, 0) is 35.3 Å². The van der Waals surface area contributed by atoms with Gasteiger partial charge in [-0.25, -0.2) is 0 Å². The maximum atomic E-state index is 4.74. The first kappa shape index (κ1) is 15.5. The van der Waals surface area contributed by atoms with Gasteiger partial charge in [-0.2, -0.15) is 0 Å². The van der Waals surface area contributed by atoms with Gasteiger partial charge >= 0.3 is 0 Å². The van der Waals surface area contributed by atoms with Crippen molar-refractivity contribution < 1.29 is 0 Å². The molecule has 3 nitrogen and oxygen atoms in total. The summed E-state index contributed by atoms with van der Waals surface area (Å²) in [4.78, 5) is 7.20. The van der Waals surface area contributed by atoms with Gasteiger partial charge in [0.25, 0.3) is 0 Å². The van der Waals surface area contributed by atoms with Crippen LogP contribution in [-0.4, -0.2) is 31.2 Å². The quantitative estimate of drug-likeness (QED) is 0.848. The van der Waals surface area contributed by atoms with Crippen molar-refractivity contribution in [3.8, 4) is 0 Å². The second-order valence-corrected chi connectivity index (χ2v) is 5.86. The zero-order valence-electron chi connectivity index (χ0n) is 11.7. The topological polar surface area (TPSA) is 28.2 Å². The molecule has 1 aliphatic rings. The van der Waals surface area contributed by atoms with E-state index in [9.17, 15) is 0 Å². The van der Waals surface area contributed by atoms with Crippen LogP contribution < -0.4 is 10.2 Å². The summed E-state index contributed by atoms with van der Waals surface area (Å²) < 4.78 is 1.13. The van der Waals surface area contributed by atoms with E-state index in [0.717, 1.165) is 41.9 Å². The third kappa shape index (κ3) is 2.65. The number of hydrogen-bond donors (Lipinski definition) is 1. The highest BCUT2D eigenvalue weighted by Crippen LogP contribution is 2.36. The number of rotatable bonds is 1. The van der Waals surface area contributed by atoms with Crippen LogP contribution in [0, 0.1) is 13.8 Å². The summed E-state index contributed by atoms with van der Waals surface area (Å²) in [6.07, 6.45) is 0. The first-order chi connectivity index (χ1) is 9.18. The molecule has 0 atom stereocenters. The molecule has 0 unspecified atom stereocenters. The minimum atomic E-state index is 0. The predicted molar refractivity (Wildman–Crippen MR) is 91.2 cm³/mol. The SMILES string of the molecule is Cc1nc2c(C)cccc2c(N2CCNCC2)c1Br.Cl. The average molecular weight is 357 g/mol. The third-order valence-electron chi connectivity index (χ3n) is 3.73. The summed E-state index contributed by atoms with van der Waals surface area (Å²) in [7, 11) is 0. The lowest BCUT2D eigenvalue weighted by Crippen LogP contribution is -2.43. The second kappa shape index (κ2) is 6.29. The largest absolute Gasteiger partial charge is 0.367 e. The molecule has 0 amide bonds. The van der Waals surface area contributed by atoms with Crippen molar-refractivity contribution >= 4 is 44.9 Å². The molecule has 1 fully saturated rings. The molecule has 1 N–H and O–H groups in total. The van der Waals surface area contributed by atoms with Crippen molar-refractivity contribution in [2.75, 3.05) is 31.1 Å². The number of benzene rings is 1. The van der Waals surface area contributed by atoms with Gasteiger partial charge in [-0.15, -0.1) is 12.4 Å². The van der Waals surface area contributed by atoms with Crippen molar-refractivity contribution in [1.82, 2.24) is 10.3 Å². The Morgan fingerprint density at radius 3 is 2.60 bits per heavy atom. The number of pyridine rings is 1. The lowest BCUT2D eigenvalue weighted by atomic mass is 10.1. The molecule has 108 valence electrons. The van der Waals surface area contributed by atoms with Crippen LogP contribution in [0.15, 0.2) is 22.7 Å². The number of halogens is 2. The Morgan fingerprint density at radius 2 is 1.90 bits per heavy atom. The van der Waals surface area contributed by atoms with Crippen LogP contribution in [0.2, 0.25) is 0 Å². The number of aromatic nitrogens is 1. The summed E-state index contributed by atoms with van der Waals surface area (Å²) in [6, 6.07) is 6.42. The molecule has 1 aliphatic heterocycles. The Bertz CT molecular complexity index is 624. The van der Waals surface area contributed by atoms with E-state index in [-0.39, 0.29) is 12.4 Å². The first-order valence-electron chi connectivity index (χ1n) is 6.69. The number of para-hydroxylation sites is 1. The van der Waals surface area contributed by atoms with E-state index < -0.39 is 0 Å². The molecule has 2 heterocycles. The number of fused-ring (bicyclic) bond motifs is 1. The fraction of sp³-hybridized carbons (Fsp3) is 0.400. The van der Waals surface area contributed by atoms with Gasteiger partial charge in [0.15, 0.2) is 0 Å². The Hall–Kier alpha value is -0.840. The van der Waals surface area contributed by atoms with Crippen molar-refractivity contribution in [3.05, 3.63) is 33.9 Å². The molecule has 1 aromatic carbocycles. The van der Waals surface area contributed by atoms with Crippen LogP contribution in [-0.2, 0) is 0 Å². The van der Waals surface area contributed by atoms with Gasteiger partial charge in [0.05, 0.1) is 21.4 Å². The van der Waals surface area contributed by atoms with Gasteiger partial charge in [0.2, 0.25) is 0 Å². The van der Waals surface area contributed by atoms with Gasteiger partial charge in [-0.3, -0.25) is 4.98 Å².